The molecule has 11 aromatic rings. The van der Waals surface area contributed by atoms with Crippen molar-refractivity contribution in [2.24, 2.45) is 0 Å². The van der Waals surface area contributed by atoms with Gasteiger partial charge >= 0.3 is 76.9 Å². The van der Waals surface area contributed by atoms with Crippen molar-refractivity contribution >= 4 is 182 Å². The second-order valence-electron chi connectivity index (χ2n) is 26.6. The third-order valence-electron chi connectivity index (χ3n) is 15.9. The molecular weight excluding hydrogens is 2240 g/mol. The summed E-state index contributed by atoms with van der Waals surface area (Å²) >= 11 is 14.1. The van der Waals surface area contributed by atoms with Gasteiger partial charge in [-0.05, 0) is 112 Å². The smallest absolute Gasteiger partial charge is 0.857 e. The van der Waals surface area contributed by atoms with Crippen LogP contribution in [0.4, 0.5) is 144 Å². The number of rotatable bonds is 18. The number of hydrogen-bond donors (Lipinski definition) is 12. The number of quaternary nitrogens is 1. The summed E-state index contributed by atoms with van der Waals surface area (Å²) in [5, 5.41) is 71.4. The molecule has 0 saturated heterocycles. The molecule has 796 valence electrons. The molecule has 1 atom stereocenters. The molecule has 0 bridgehead atoms. The van der Waals surface area contributed by atoms with Gasteiger partial charge in [0.05, 0.1) is 130 Å². The second kappa shape index (κ2) is 59.0. The van der Waals surface area contributed by atoms with Crippen molar-refractivity contribution in [2.45, 2.75) is 58.6 Å². The zero-order valence-electron chi connectivity index (χ0n) is 76.6. The van der Waals surface area contributed by atoms with Crippen molar-refractivity contribution in [1.82, 2.24) is 26.1 Å². The van der Waals surface area contributed by atoms with Crippen molar-refractivity contribution in [3.05, 3.63) is 244 Å². The van der Waals surface area contributed by atoms with E-state index in [-0.39, 0.29) is 134 Å². The standard InChI is InChI=1S/C26H24F3N5O5S.C16H15N3O.C9H11F3N2O3S.C8H7F3N2O5.C8H9F3N2O.C7H2ClF3N2O4.CCl2O.CH3ClO2S.CH2O2.CH3O.CH3.H3N.Na.Pd/c1-14-11-23(31-15(2)30-14)39-22-10-9-19(17-7-5-6-8-18(17)22)32-25(35)33-20-12-16(26(27,28)29)13-21(24(20)38-3)34-40(4,36)37;1-10-9-16(19-11(2)18-10)20-15-8-7-14(17)12-5-3-4-6-13(12)15;1-17-8-6(13)3-5(9(10,11)12)4-7(8)14-18(2,15)16;1-18-7-5(12(14)15)2-4(8(9,10)11)3-6(7)13(16)17;1-14-7-5(12)2-4(3-6(7)13)8(9,10)11;8-6-4(12(14)15)1-3(7(9,10)11)2-5(6)13(16)17;2-1(3)4;1-5(2,3)4;2-1-3;1-2;;;;/h5-13,34H,1-4H3,(H2,32,33,35);3-9H,17H2,1-2H3;3-4,14H,13H2,1-2H3;2-3,12,14H,1H3;2-3H,12-13H2,1H3;1-2H;;1H3;1H,(H,2,3);1H3;2*1H3;;/q;;;;;;;;;2*-1;;+1;. The van der Waals surface area contributed by atoms with Crippen molar-refractivity contribution in [2.75, 3.05) is 97.3 Å². The molecule has 0 fully saturated rings. The summed E-state index contributed by atoms with van der Waals surface area (Å²) in [6.45, 7) is 7.07. The van der Waals surface area contributed by atoms with Gasteiger partial charge < -0.3 is 91.0 Å². The molecule has 11 rings (SSSR count). The quantitative estimate of drug-likeness (QED) is 0.00555. The van der Waals surface area contributed by atoms with Gasteiger partial charge in [-0.2, -0.15) is 88.2 Å². The maximum absolute atomic E-state index is 13.5. The van der Waals surface area contributed by atoms with Crippen molar-refractivity contribution in [3.8, 4) is 46.3 Å². The van der Waals surface area contributed by atoms with Gasteiger partial charge in [0.15, 0.2) is 22.3 Å². The van der Waals surface area contributed by atoms with Crippen molar-refractivity contribution < 1.29 is 219 Å². The minimum absolute atomic E-state index is 0. The number of carbonyl (C=O) groups excluding carboxylic acids is 2. The number of urea groups is 1. The number of halogens is 19. The Labute approximate surface area is 867 Å². The van der Waals surface area contributed by atoms with Gasteiger partial charge in [-0.15, -0.1) is 0 Å². The van der Waals surface area contributed by atoms with Crippen LogP contribution in [0.1, 0.15) is 50.9 Å². The molecule has 2 amide bonds. The number of aromatic nitrogens is 4. The number of nitro groups is 3. The van der Waals surface area contributed by atoms with Crippen LogP contribution in [0.3, 0.4) is 0 Å². The van der Waals surface area contributed by atoms with E-state index in [1.54, 1.807) is 49.4 Å². The van der Waals surface area contributed by atoms with Gasteiger partial charge in [0.1, 0.15) is 23.1 Å². The number of amides is 2. The Bertz CT molecular complexity index is 6590. The van der Waals surface area contributed by atoms with Crippen LogP contribution in [0.25, 0.3) is 21.5 Å². The van der Waals surface area contributed by atoms with Gasteiger partial charge in [-0.1, -0.05) is 60.1 Å². The van der Waals surface area contributed by atoms with Crippen molar-refractivity contribution in [3.63, 3.8) is 0 Å². The first kappa shape index (κ1) is 136. The number of nitrogens with zero attached hydrogens (tertiary/aromatic N) is 7. The number of carboxylic acid groups (broad SMARTS) is 1. The first-order chi connectivity index (χ1) is 64.7. The monoisotopic (exact) mass is 2320 g/mol. The number of hydrogen-bond acceptors (Lipinski definition) is 33. The van der Waals surface area contributed by atoms with E-state index in [9.17, 15) is 131 Å². The average Bonchev–Trinajstić information content (AvgIpc) is 0.798. The van der Waals surface area contributed by atoms with E-state index in [1.807, 2.05) is 72.7 Å². The molecule has 0 saturated carbocycles. The normalized spacial score (nSPS) is 11.0. The van der Waals surface area contributed by atoms with Crippen LogP contribution in [0.2, 0.25) is 5.02 Å². The van der Waals surface area contributed by atoms with Gasteiger partial charge in [0.2, 0.25) is 46.5 Å². The van der Waals surface area contributed by atoms with Crippen LogP contribution in [0.15, 0.2) is 146 Å². The summed E-state index contributed by atoms with van der Waals surface area (Å²) in [5.41, 5.74) is 12.5. The van der Waals surface area contributed by atoms with Gasteiger partial charge in [-0.3, -0.25) is 49.4 Å². The predicted molar refractivity (Wildman–Crippen MR) is 496 cm³/mol. The third-order valence-corrected chi connectivity index (χ3v) is 17.5. The Hall–Kier alpha value is -12.7. The van der Waals surface area contributed by atoms with Crippen LogP contribution < -0.4 is 117 Å². The number of ether oxygens (including phenoxy) is 6. The van der Waals surface area contributed by atoms with E-state index in [0.717, 1.165) is 85.8 Å². The van der Waals surface area contributed by atoms with Crippen LogP contribution in [0, 0.1) is 70.7 Å². The van der Waals surface area contributed by atoms with Crippen LogP contribution >= 0.6 is 45.5 Å². The van der Waals surface area contributed by atoms with E-state index in [2.05, 4.69) is 69.2 Å². The Morgan fingerprint density at radius 2 is 0.752 bits per heavy atom. The Morgan fingerprint density at radius 1 is 0.462 bits per heavy atom. The Balaban J connectivity index is -0.00000168. The minimum Gasteiger partial charge on any atom is -0.857 e. The summed E-state index contributed by atoms with van der Waals surface area (Å²) in [5.74, 6) is 2.19. The fourth-order valence-electron chi connectivity index (χ4n) is 10.9. The molecule has 18 N–H and O–H groups in total. The largest absolute Gasteiger partial charge is 1.00 e. The zero-order valence-corrected chi connectivity index (χ0v) is 85.6. The molecule has 0 spiro atoms. The van der Waals surface area contributed by atoms with Gasteiger partial charge in [0, 0.05) is 106 Å². The molecule has 0 aliphatic carbocycles. The number of carbonyl (C=O) groups is 3. The van der Waals surface area contributed by atoms with E-state index in [1.165, 1.54) is 14.2 Å². The number of aryl methyl sites for hydroxylation is 4. The van der Waals surface area contributed by atoms with E-state index in [0.29, 0.717) is 69.9 Å². The summed E-state index contributed by atoms with van der Waals surface area (Å²) in [7, 11) is -1.13. The number of methoxy groups -OCH3 is 4. The Morgan fingerprint density at radius 3 is 1.09 bits per heavy atom. The van der Waals surface area contributed by atoms with E-state index < -0.39 is 163 Å². The molecule has 9 aromatic carbocycles. The first-order valence-corrected chi connectivity index (χ1v) is 44.4. The fourth-order valence-corrected chi connectivity index (χ4v) is 12.3. The number of nitro benzene ring substituents is 3. The third kappa shape index (κ3) is 45.6. The molecule has 0 aliphatic heterocycles. The fraction of sp³-hybridized carbons (Fsp3) is 0.215. The Kier molecular flexibility index (Phi) is 55.5. The number of nitrogens with one attached hydrogen (secondary N) is 5. The number of nitrogens with two attached hydrogens (primary N) is 4. The van der Waals surface area contributed by atoms with Crippen LogP contribution in [0.5, 0.6) is 46.3 Å². The van der Waals surface area contributed by atoms with Crippen LogP contribution in [-0.2, 0) is 85.2 Å². The number of fused-ring (bicyclic) bond motifs is 2. The summed E-state index contributed by atoms with van der Waals surface area (Å²) < 4.78 is 288. The first-order valence-electron chi connectivity index (χ1n) is 36.8. The summed E-state index contributed by atoms with van der Waals surface area (Å²) in [4.78, 5) is 75.2. The average molecular weight is 2320 g/mol. The van der Waals surface area contributed by atoms with Gasteiger partial charge in [0.25, 0.3) is 23.6 Å². The number of anilines is 8. The maximum atomic E-state index is 13.5. The summed E-state index contributed by atoms with van der Waals surface area (Å²) in [6, 6.07) is 29.3. The molecule has 0 aliphatic rings. The summed E-state index contributed by atoms with van der Waals surface area (Å²) in [6.07, 6.45) is -21.2. The molecule has 1 unspecified atom stereocenters. The maximum Gasteiger partial charge on any atom is 1.00 e. The van der Waals surface area contributed by atoms with Crippen molar-refractivity contribution in [1.29, 1.82) is 0 Å². The minimum atomic E-state index is -4.93. The SMILES string of the molecule is COc1c(N)cc(C(F)(F)F)cc1N.COc1c(N)cc(C(F)(F)F)cc1NS(C)(=O)=O.COc1c(NC(=O)Nc2ccc(Oc3cc(C)nc(C)n3)c3ccccc23)cc(C(F)(F)F)cc1NS(C)(=O)=O.COc1c([N+](=O)[O-])cc(C(F)(F)F)cc1[NH+]([O-])O.CS(=O)(=O)Cl.C[O-].Cc1cc(Oc2ccc(N)c3ccccc23)nc(C)n1.N.O=C(Cl)Cl.O=CO.O=[N+]([O-])c1cc(C(F)(F)F)cc([N+](=O)[O-])c1Cl.[CH3-].[Na+].[Pd]. The molecule has 145 heavy (non-hydrogen) atoms. The van der Waals surface area contributed by atoms with E-state index in [4.69, 9.17) is 83.2 Å². The predicted octanol–water partition coefficient (Wildman–Crippen LogP) is 15.5. The molecule has 0 radical (unpaired) electrons. The molecular formula is C79H82Cl4F15N17NaO25PdS3-. The number of alkyl halides is 15. The molecule has 42 nitrogen and oxygen atoms in total. The molecule has 2 heterocycles. The van der Waals surface area contributed by atoms with E-state index >= 15 is 0 Å². The zero-order chi connectivity index (χ0) is 109. The number of nitrogen functional groups attached to an aromatic ring is 4. The van der Waals surface area contributed by atoms with Gasteiger partial charge in [-0.25, -0.2) is 45.2 Å². The second-order valence-corrected chi connectivity index (χ2v) is 34.4. The topological polar surface area (TPSA) is 668 Å². The number of benzene rings is 9. The van der Waals surface area contributed by atoms with Crippen LogP contribution in [-0.4, -0.2) is 142 Å². The molecule has 2 aromatic heterocycles. The molecule has 66 heteroatoms. The number of sulfonamides is 2.